The Kier molecular flexibility index (Phi) is 8.80. The van der Waals surface area contributed by atoms with E-state index in [1.807, 2.05) is 0 Å². The molecular formula is C17H34N4O3. The van der Waals surface area contributed by atoms with E-state index < -0.39 is 0 Å². The van der Waals surface area contributed by atoms with Crippen LogP contribution in [-0.2, 0) is 9.47 Å². The second-order valence-electron chi connectivity index (χ2n) is 6.71. The number of nitrogens with zero attached hydrogens (tertiary/aromatic N) is 2. The molecule has 3 N–H and O–H groups in total. The topological polar surface area (TPSA) is 78.4 Å². The second kappa shape index (κ2) is 10.9. The lowest BCUT2D eigenvalue weighted by atomic mass is 9.84. The van der Waals surface area contributed by atoms with Crippen molar-refractivity contribution in [3.63, 3.8) is 0 Å². The summed E-state index contributed by atoms with van der Waals surface area (Å²) in [4.78, 5) is 7.19. The van der Waals surface area contributed by atoms with Crippen LogP contribution in [0, 0.1) is 5.41 Å². The summed E-state index contributed by atoms with van der Waals surface area (Å²) in [6.45, 7) is 11.1. The van der Waals surface area contributed by atoms with Crippen molar-refractivity contribution in [1.82, 2.24) is 15.5 Å². The summed E-state index contributed by atoms with van der Waals surface area (Å²) in [5.41, 5.74) is 0.00486. The van der Waals surface area contributed by atoms with E-state index in [2.05, 4.69) is 22.5 Å². The van der Waals surface area contributed by atoms with Crippen LogP contribution in [0.5, 0.6) is 0 Å². The van der Waals surface area contributed by atoms with Gasteiger partial charge in [-0.2, -0.15) is 0 Å². The van der Waals surface area contributed by atoms with E-state index >= 15 is 0 Å². The quantitative estimate of drug-likeness (QED) is 0.312. The van der Waals surface area contributed by atoms with Crippen molar-refractivity contribution < 1.29 is 14.6 Å². The van der Waals surface area contributed by atoms with Crippen molar-refractivity contribution in [3.8, 4) is 0 Å². The molecule has 0 spiro atoms. The van der Waals surface area contributed by atoms with Gasteiger partial charge in [-0.1, -0.05) is 0 Å². The van der Waals surface area contributed by atoms with Gasteiger partial charge >= 0.3 is 0 Å². The normalized spacial score (nSPS) is 25.8. The lowest BCUT2D eigenvalue weighted by molar-refractivity contribution is 0.0376. The third-order valence-electron chi connectivity index (χ3n) is 4.79. The Bertz CT molecular complexity index is 367. The van der Waals surface area contributed by atoms with Crippen LogP contribution in [-0.4, -0.2) is 88.3 Å². The number of rotatable bonds is 9. The fraction of sp³-hybridized carbons (Fsp3) is 0.941. The maximum absolute atomic E-state index is 9.31. The lowest BCUT2D eigenvalue weighted by Crippen LogP contribution is -2.41. The van der Waals surface area contributed by atoms with Gasteiger partial charge in [-0.15, -0.1) is 0 Å². The fourth-order valence-corrected chi connectivity index (χ4v) is 3.21. The molecule has 24 heavy (non-hydrogen) atoms. The van der Waals surface area contributed by atoms with Crippen LogP contribution in [0.3, 0.4) is 0 Å². The van der Waals surface area contributed by atoms with Crippen LogP contribution in [0.1, 0.15) is 26.2 Å². The fourth-order valence-electron chi connectivity index (χ4n) is 3.21. The molecule has 0 radical (unpaired) electrons. The van der Waals surface area contributed by atoms with Gasteiger partial charge in [-0.3, -0.25) is 9.89 Å². The number of aliphatic hydroxyl groups excluding tert-OH is 1. The molecule has 7 heteroatoms. The summed E-state index contributed by atoms with van der Waals surface area (Å²) in [5, 5.41) is 16.0. The SMILES string of the molecule is CCNC(=NCC1(CCO)CCOC1)NCCCN1CCOCC1. The summed E-state index contributed by atoms with van der Waals surface area (Å²) in [7, 11) is 0. The molecule has 0 aromatic rings. The number of hydrogen-bond donors (Lipinski definition) is 3. The monoisotopic (exact) mass is 342 g/mol. The van der Waals surface area contributed by atoms with Gasteiger partial charge in [0.15, 0.2) is 5.96 Å². The number of ether oxygens (including phenoxy) is 2. The highest BCUT2D eigenvalue weighted by Crippen LogP contribution is 2.32. The molecule has 0 aromatic heterocycles. The molecule has 7 nitrogen and oxygen atoms in total. The zero-order valence-electron chi connectivity index (χ0n) is 15.1. The highest BCUT2D eigenvalue weighted by atomic mass is 16.5. The predicted molar refractivity (Wildman–Crippen MR) is 95.4 cm³/mol. The molecule has 2 aliphatic heterocycles. The van der Waals surface area contributed by atoms with Crippen molar-refractivity contribution in [1.29, 1.82) is 0 Å². The zero-order valence-corrected chi connectivity index (χ0v) is 15.1. The molecule has 0 saturated carbocycles. The van der Waals surface area contributed by atoms with Crippen LogP contribution in [0.15, 0.2) is 4.99 Å². The second-order valence-corrected chi connectivity index (χ2v) is 6.71. The molecule has 1 atom stereocenters. The van der Waals surface area contributed by atoms with Crippen molar-refractivity contribution in [2.24, 2.45) is 10.4 Å². The van der Waals surface area contributed by atoms with Crippen LogP contribution >= 0.6 is 0 Å². The number of aliphatic hydroxyl groups is 1. The number of nitrogens with one attached hydrogen (secondary N) is 2. The molecule has 1 unspecified atom stereocenters. The van der Waals surface area contributed by atoms with Crippen LogP contribution in [0.2, 0.25) is 0 Å². The Balaban J connectivity index is 1.73. The Morgan fingerprint density at radius 2 is 2.04 bits per heavy atom. The Labute approximate surface area is 145 Å². The molecule has 0 bridgehead atoms. The van der Waals surface area contributed by atoms with E-state index in [9.17, 15) is 5.11 Å². The molecule has 2 rings (SSSR count). The van der Waals surface area contributed by atoms with Crippen molar-refractivity contribution in [3.05, 3.63) is 0 Å². The van der Waals surface area contributed by atoms with Gasteiger partial charge in [0.1, 0.15) is 0 Å². The van der Waals surface area contributed by atoms with E-state index in [1.165, 1.54) is 0 Å². The molecule has 2 heterocycles. The summed E-state index contributed by atoms with van der Waals surface area (Å²) in [6.07, 6.45) is 2.83. The van der Waals surface area contributed by atoms with Crippen molar-refractivity contribution >= 4 is 5.96 Å². The molecule has 0 aromatic carbocycles. The average molecular weight is 342 g/mol. The van der Waals surface area contributed by atoms with Gasteiger partial charge in [0.05, 0.1) is 26.4 Å². The minimum absolute atomic E-state index is 0.00486. The predicted octanol–water partition coefficient (Wildman–Crippen LogP) is 0.0529. The van der Waals surface area contributed by atoms with Crippen molar-refractivity contribution in [2.75, 3.05) is 72.3 Å². The molecule has 0 amide bonds. The van der Waals surface area contributed by atoms with E-state index in [4.69, 9.17) is 14.5 Å². The van der Waals surface area contributed by atoms with Gasteiger partial charge in [0, 0.05) is 44.8 Å². The smallest absolute Gasteiger partial charge is 0.191 e. The minimum Gasteiger partial charge on any atom is -0.396 e. The lowest BCUT2D eigenvalue weighted by Gasteiger charge is -2.26. The standard InChI is InChI=1S/C17H34N4O3/c1-2-18-16(19-6-3-7-21-8-12-23-13-9-21)20-14-17(4-10-22)5-11-24-15-17/h22H,2-15H2,1H3,(H2,18,19,20). The maximum atomic E-state index is 9.31. The van der Waals surface area contributed by atoms with Crippen LogP contribution in [0.25, 0.3) is 0 Å². The third-order valence-corrected chi connectivity index (χ3v) is 4.79. The third kappa shape index (κ3) is 6.55. The van der Waals surface area contributed by atoms with E-state index in [1.54, 1.807) is 0 Å². The van der Waals surface area contributed by atoms with Crippen molar-refractivity contribution in [2.45, 2.75) is 26.2 Å². The van der Waals surface area contributed by atoms with E-state index in [0.29, 0.717) is 13.2 Å². The summed E-state index contributed by atoms with van der Waals surface area (Å²) < 4.78 is 10.9. The number of morpholine rings is 1. The largest absolute Gasteiger partial charge is 0.396 e. The zero-order chi connectivity index (χ0) is 17.1. The average Bonchev–Trinajstić information content (AvgIpc) is 3.06. The summed E-state index contributed by atoms with van der Waals surface area (Å²) >= 11 is 0. The molecule has 2 aliphatic rings. The number of hydrogen-bond acceptors (Lipinski definition) is 5. The summed E-state index contributed by atoms with van der Waals surface area (Å²) in [6, 6.07) is 0. The van der Waals surface area contributed by atoms with Crippen LogP contribution in [0.4, 0.5) is 0 Å². The molecule has 0 aliphatic carbocycles. The first-order valence-electron chi connectivity index (χ1n) is 9.29. The Morgan fingerprint density at radius 1 is 1.21 bits per heavy atom. The first-order chi connectivity index (χ1) is 11.8. The Morgan fingerprint density at radius 3 is 2.71 bits per heavy atom. The molecular weight excluding hydrogens is 308 g/mol. The molecule has 140 valence electrons. The Hall–Kier alpha value is -0.890. The van der Waals surface area contributed by atoms with E-state index in [-0.39, 0.29) is 12.0 Å². The van der Waals surface area contributed by atoms with Gasteiger partial charge in [0.2, 0.25) is 0 Å². The first kappa shape index (κ1) is 19.4. The minimum atomic E-state index is 0.00486. The van der Waals surface area contributed by atoms with Gasteiger partial charge < -0.3 is 25.2 Å². The first-order valence-corrected chi connectivity index (χ1v) is 9.29. The highest BCUT2D eigenvalue weighted by Gasteiger charge is 2.34. The number of guanidine groups is 1. The number of aliphatic imine (C=N–C) groups is 1. The van der Waals surface area contributed by atoms with Gasteiger partial charge in [-0.25, -0.2) is 0 Å². The summed E-state index contributed by atoms with van der Waals surface area (Å²) in [5.74, 6) is 0.865. The van der Waals surface area contributed by atoms with Crippen LogP contribution < -0.4 is 10.6 Å². The molecule has 2 saturated heterocycles. The molecule has 2 fully saturated rings. The van der Waals surface area contributed by atoms with E-state index in [0.717, 1.165) is 77.8 Å². The highest BCUT2D eigenvalue weighted by molar-refractivity contribution is 5.79. The maximum Gasteiger partial charge on any atom is 0.191 e. The van der Waals surface area contributed by atoms with Gasteiger partial charge in [-0.05, 0) is 32.7 Å². The van der Waals surface area contributed by atoms with Gasteiger partial charge in [0.25, 0.3) is 0 Å².